The first-order chi connectivity index (χ1) is 14.7. The normalized spacial score (nSPS) is 11.9. The number of para-hydroxylation sites is 2. The Hall–Kier alpha value is -2.56. The molecule has 0 fully saturated rings. The van der Waals surface area contributed by atoms with Crippen molar-refractivity contribution in [2.24, 2.45) is 7.05 Å². The quantitative estimate of drug-likeness (QED) is 0.284. The van der Waals surface area contributed by atoms with E-state index in [4.69, 9.17) is 9.47 Å². The molecule has 160 valence electrons. The molecule has 0 bridgehead atoms. The Morgan fingerprint density at radius 3 is 2.30 bits per heavy atom. The van der Waals surface area contributed by atoms with E-state index >= 15 is 0 Å². The Morgan fingerprint density at radius 1 is 0.933 bits per heavy atom. The van der Waals surface area contributed by atoms with Gasteiger partial charge < -0.3 is 19.1 Å². The van der Waals surface area contributed by atoms with Crippen molar-refractivity contribution in [2.75, 3.05) is 13.2 Å². The highest BCUT2D eigenvalue weighted by Gasteiger charge is 2.18. The molecule has 4 heteroatoms. The van der Waals surface area contributed by atoms with Gasteiger partial charge in [0.1, 0.15) is 5.75 Å². The third-order valence-electron chi connectivity index (χ3n) is 5.28. The fourth-order valence-electron chi connectivity index (χ4n) is 3.52. The van der Waals surface area contributed by atoms with E-state index in [1.54, 1.807) is 6.07 Å². The van der Waals surface area contributed by atoms with E-state index < -0.39 is 0 Å². The average Bonchev–Trinajstić information content (AvgIpc) is 3.08. The first kappa shape index (κ1) is 22.1. The summed E-state index contributed by atoms with van der Waals surface area (Å²) in [6, 6.07) is 15.8. The fraction of sp³-hybridized carbons (Fsp3) is 0.385. The summed E-state index contributed by atoms with van der Waals surface area (Å²) in [5.41, 5.74) is 4.03. The summed E-state index contributed by atoms with van der Waals surface area (Å²) >= 11 is 0. The van der Waals surface area contributed by atoms with Gasteiger partial charge in [0.05, 0.1) is 18.7 Å². The number of ether oxygens (including phenoxy) is 2. The molecule has 0 radical (unpaired) electrons. The van der Waals surface area contributed by atoms with Crippen molar-refractivity contribution in [2.45, 2.75) is 45.8 Å². The molecule has 0 amide bonds. The SMILES string of the molecule is CCCCOC(OCCCC)c1cccc2cc(C=Cc3ccccc3O)n(C)c12. The molecule has 0 spiro atoms. The molecule has 3 aromatic rings. The lowest BCUT2D eigenvalue weighted by atomic mass is 10.1. The second-order valence-corrected chi connectivity index (χ2v) is 7.59. The second-order valence-electron chi connectivity index (χ2n) is 7.59. The zero-order valence-corrected chi connectivity index (χ0v) is 18.3. The maximum Gasteiger partial charge on any atom is 0.185 e. The Bertz CT molecular complexity index is 964. The third kappa shape index (κ3) is 5.32. The summed E-state index contributed by atoms with van der Waals surface area (Å²) in [5, 5.41) is 11.2. The minimum Gasteiger partial charge on any atom is -0.507 e. The second kappa shape index (κ2) is 11.0. The Kier molecular flexibility index (Phi) is 8.12. The molecule has 1 aromatic heterocycles. The van der Waals surface area contributed by atoms with Crippen LogP contribution in [0.3, 0.4) is 0 Å². The number of fused-ring (bicyclic) bond motifs is 1. The van der Waals surface area contributed by atoms with E-state index in [0.29, 0.717) is 13.2 Å². The fourth-order valence-corrected chi connectivity index (χ4v) is 3.52. The topological polar surface area (TPSA) is 43.6 Å². The third-order valence-corrected chi connectivity index (χ3v) is 5.28. The molecule has 0 aliphatic rings. The summed E-state index contributed by atoms with van der Waals surface area (Å²) < 4.78 is 14.5. The van der Waals surface area contributed by atoms with E-state index in [2.05, 4.69) is 49.7 Å². The summed E-state index contributed by atoms with van der Waals surface area (Å²) in [6.45, 7) is 5.71. The lowest BCUT2D eigenvalue weighted by molar-refractivity contribution is -0.147. The molecule has 0 aliphatic carbocycles. The maximum absolute atomic E-state index is 10.0. The lowest BCUT2D eigenvalue weighted by Crippen LogP contribution is -2.12. The summed E-state index contributed by atoms with van der Waals surface area (Å²) in [5.74, 6) is 0.280. The standard InChI is InChI=1S/C26H33NO3/c1-4-6-17-29-26(30-18-7-5-2)23-13-10-12-21-19-22(27(3)25(21)23)16-15-20-11-8-9-14-24(20)28/h8-16,19,26,28H,4-7,17-18H2,1-3H3. The van der Waals surface area contributed by atoms with Crippen LogP contribution in [0.4, 0.5) is 0 Å². The first-order valence-electron chi connectivity index (χ1n) is 10.9. The van der Waals surface area contributed by atoms with Gasteiger partial charge in [0.15, 0.2) is 6.29 Å². The van der Waals surface area contributed by atoms with Crippen molar-refractivity contribution in [3.05, 3.63) is 65.4 Å². The highest BCUT2D eigenvalue weighted by atomic mass is 16.7. The van der Waals surface area contributed by atoms with Crippen LogP contribution in [-0.2, 0) is 16.5 Å². The smallest absolute Gasteiger partial charge is 0.185 e. The van der Waals surface area contributed by atoms with Gasteiger partial charge in [-0.25, -0.2) is 0 Å². The number of aromatic hydroxyl groups is 1. The van der Waals surface area contributed by atoms with Gasteiger partial charge in [-0.05, 0) is 37.1 Å². The lowest BCUT2D eigenvalue weighted by Gasteiger charge is -2.20. The number of aryl methyl sites for hydroxylation is 1. The zero-order valence-electron chi connectivity index (χ0n) is 18.3. The summed E-state index contributed by atoms with van der Waals surface area (Å²) in [6.07, 6.45) is 7.83. The van der Waals surface area contributed by atoms with E-state index in [-0.39, 0.29) is 12.0 Å². The number of hydrogen-bond donors (Lipinski definition) is 1. The number of benzene rings is 2. The molecular formula is C26H33NO3. The van der Waals surface area contributed by atoms with Crippen molar-refractivity contribution >= 4 is 23.1 Å². The molecule has 3 rings (SSSR count). The van der Waals surface area contributed by atoms with Gasteiger partial charge in [0.2, 0.25) is 0 Å². The molecular weight excluding hydrogens is 374 g/mol. The van der Waals surface area contributed by atoms with Crippen LogP contribution in [0, 0.1) is 0 Å². The first-order valence-corrected chi connectivity index (χ1v) is 10.9. The molecule has 2 aromatic carbocycles. The van der Waals surface area contributed by atoms with Crippen molar-refractivity contribution in [1.29, 1.82) is 0 Å². The van der Waals surface area contributed by atoms with Crippen LogP contribution in [0.2, 0.25) is 0 Å². The molecule has 0 unspecified atom stereocenters. The molecule has 1 heterocycles. The molecule has 0 aliphatic heterocycles. The number of phenols is 1. The van der Waals surface area contributed by atoms with Crippen molar-refractivity contribution in [1.82, 2.24) is 4.57 Å². The van der Waals surface area contributed by atoms with Gasteiger partial charge in [-0.1, -0.05) is 63.1 Å². The number of hydrogen-bond acceptors (Lipinski definition) is 3. The van der Waals surface area contributed by atoms with Gasteiger partial charge in [-0.3, -0.25) is 0 Å². The Labute approximate surface area is 179 Å². The molecule has 0 saturated heterocycles. The van der Waals surface area contributed by atoms with E-state index in [1.807, 2.05) is 30.4 Å². The number of nitrogens with zero attached hydrogens (tertiary/aromatic N) is 1. The number of rotatable bonds is 11. The van der Waals surface area contributed by atoms with Crippen molar-refractivity contribution in [3.63, 3.8) is 0 Å². The van der Waals surface area contributed by atoms with Crippen LogP contribution in [0.15, 0.2) is 48.5 Å². The van der Waals surface area contributed by atoms with Crippen LogP contribution in [-0.4, -0.2) is 22.9 Å². The van der Waals surface area contributed by atoms with Gasteiger partial charge >= 0.3 is 0 Å². The van der Waals surface area contributed by atoms with Crippen LogP contribution in [0.25, 0.3) is 23.1 Å². The molecule has 1 N–H and O–H groups in total. The molecule has 4 nitrogen and oxygen atoms in total. The van der Waals surface area contributed by atoms with E-state index in [9.17, 15) is 5.11 Å². The van der Waals surface area contributed by atoms with Crippen LogP contribution in [0.1, 0.15) is 62.6 Å². The molecule has 0 atom stereocenters. The highest BCUT2D eigenvalue weighted by Crippen LogP contribution is 2.31. The zero-order chi connectivity index (χ0) is 21.3. The Balaban J connectivity index is 1.93. The van der Waals surface area contributed by atoms with Crippen LogP contribution in [0.5, 0.6) is 5.75 Å². The Morgan fingerprint density at radius 2 is 1.63 bits per heavy atom. The molecule has 0 saturated carbocycles. The summed E-state index contributed by atoms with van der Waals surface area (Å²) in [4.78, 5) is 0. The minimum atomic E-state index is -0.365. The van der Waals surface area contributed by atoms with Crippen molar-refractivity contribution < 1.29 is 14.6 Å². The number of aromatic nitrogens is 1. The van der Waals surface area contributed by atoms with E-state index in [0.717, 1.165) is 53.4 Å². The van der Waals surface area contributed by atoms with Crippen LogP contribution < -0.4 is 0 Å². The van der Waals surface area contributed by atoms with Gasteiger partial charge in [-0.2, -0.15) is 0 Å². The maximum atomic E-state index is 10.0. The van der Waals surface area contributed by atoms with E-state index in [1.165, 1.54) is 0 Å². The van der Waals surface area contributed by atoms with Crippen LogP contribution >= 0.6 is 0 Å². The minimum absolute atomic E-state index is 0.280. The predicted molar refractivity (Wildman–Crippen MR) is 124 cm³/mol. The largest absolute Gasteiger partial charge is 0.507 e. The number of phenolic OH excluding ortho intramolecular Hbond substituents is 1. The van der Waals surface area contributed by atoms with Gasteiger partial charge in [-0.15, -0.1) is 0 Å². The predicted octanol–water partition coefficient (Wildman–Crippen LogP) is 6.69. The van der Waals surface area contributed by atoms with Gasteiger partial charge in [0.25, 0.3) is 0 Å². The monoisotopic (exact) mass is 407 g/mol. The number of unbranched alkanes of at least 4 members (excludes halogenated alkanes) is 2. The van der Waals surface area contributed by atoms with Gasteiger partial charge in [0, 0.05) is 29.3 Å². The van der Waals surface area contributed by atoms with Crippen molar-refractivity contribution in [3.8, 4) is 5.75 Å². The highest BCUT2D eigenvalue weighted by molar-refractivity contribution is 5.88. The average molecular weight is 408 g/mol. The summed E-state index contributed by atoms with van der Waals surface area (Å²) in [7, 11) is 2.06. The molecule has 30 heavy (non-hydrogen) atoms.